The third-order valence-corrected chi connectivity index (χ3v) is 8.16. The van der Waals surface area contributed by atoms with Gasteiger partial charge < -0.3 is 24.7 Å². The molecule has 3 aromatic rings. The molecular weight excluding hydrogens is 556 g/mol. The number of hydrogen-bond acceptors (Lipinski definition) is 5. The second kappa shape index (κ2) is 16.6. The monoisotopic (exact) mass is 600 g/mol. The summed E-state index contributed by atoms with van der Waals surface area (Å²) >= 11 is 0. The van der Waals surface area contributed by atoms with Gasteiger partial charge in [0.15, 0.2) is 0 Å². The number of hydrogen-bond donors (Lipinski definition) is 2. The molecule has 44 heavy (non-hydrogen) atoms. The van der Waals surface area contributed by atoms with E-state index in [0.717, 1.165) is 91.7 Å². The number of carboxylic acids is 2. The molecule has 3 aromatic carbocycles. The Bertz CT molecular complexity index is 1400. The summed E-state index contributed by atoms with van der Waals surface area (Å²) in [6.45, 7) is 3.52. The van der Waals surface area contributed by atoms with E-state index in [1.165, 1.54) is 0 Å². The molecule has 0 saturated carbocycles. The van der Waals surface area contributed by atoms with Crippen molar-refractivity contribution in [1.29, 1.82) is 0 Å². The summed E-state index contributed by atoms with van der Waals surface area (Å²) in [7, 11) is 2.09. The Balaban J connectivity index is 1.39. The van der Waals surface area contributed by atoms with E-state index in [0.29, 0.717) is 18.6 Å². The lowest BCUT2D eigenvalue weighted by molar-refractivity contribution is -0.138. The number of carbonyl (C=O) groups is 3. The summed E-state index contributed by atoms with van der Waals surface area (Å²) in [6.07, 6.45) is 5.37. The fourth-order valence-corrected chi connectivity index (χ4v) is 5.67. The molecule has 0 aliphatic carbocycles. The van der Waals surface area contributed by atoms with Crippen molar-refractivity contribution in [2.75, 3.05) is 39.8 Å². The van der Waals surface area contributed by atoms with Crippen molar-refractivity contribution in [3.05, 3.63) is 89.0 Å². The lowest BCUT2D eigenvalue weighted by Crippen LogP contribution is -2.47. The summed E-state index contributed by atoms with van der Waals surface area (Å²) in [6, 6.07) is 22.3. The van der Waals surface area contributed by atoms with Gasteiger partial charge in [-0.25, -0.2) is 0 Å². The summed E-state index contributed by atoms with van der Waals surface area (Å²) < 4.78 is 5.88. The molecule has 1 heterocycles. The molecule has 1 saturated heterocycles. The third kappa shape index (κ3) is 9.95. The van der Waals surface area contributed by atoms with Gasteiger partial charge in [-0.2, -0.15) is 0 Å². The molecule has 1 aliphatic heterocycles. The quantitative estimate of drug-likeness (QED) is 0.196. The molecule has 0 aromatic heterocycles. The number of carbonyl (C=O) groups excluding carboxylic acids is 1. The van der Waals surface area contributed by atoms with E-state index in [9.17, 15) is 19.5 Å². The average Bonchev–Trinajstić information content (AvgIpc) is 3.02. The largest absolute Gasteiger partial charge is 0.493 e. The highest BCUT2D eigenvalue weighted by Crippen LogP contribution is 2.27. The fraction of sp³-hybridized carbons (Fsp3) is 0.417. The minimum Gasteiger partial charge on any atom is -0.493 e. The van der Waals surface area contributed by atoms with E-state index in [2.05, 4.69) is 36.2 Å². The summed E-state index contributed by atoms with van der Waals surface area (Å²) in [4.78, 5) is 39.8. The maximum Gasteiger partial charge on any atom is 0.303 e. The minimum absolute atomic E-state index is 0.00936. The number of amides is 1. The van der Waals surface area contributed by atoms with Crippen LogP contribution in [-0.4, -0.2) is 77.7 Å². The van der Waals surface area contributed by atoms with Crippen LogP contribution in [0.5, 0.6) is 5.75 Å². The van der Waals surface area contributed by atoms with Crippen LogP contribution in [0, 0.1) is 0 Å². The van der Waals surface area contributed by atoms with Crippen LogP contribution in [0.15, 0.2) is 66.7 Å². The molecule has 4 rings (SSSR count). The topological polar surface area (TPSA) is 107 Å². The van der Waals surface area contributed by atoms with Crippen LogP contribution < -0.4 is 4.74 Å². The lowest BCUT2D eigenvalue weighted by atomic mass is 9.94. The van der Waals surface area contributed by atoms with Crippen LogP contribution >= 0.6 is 0 Å². The molecule has 234 valence electrons. The number of ether oxygens (including phenoxy) is 1. The minimum atomic E-state index is -0.863. The third-order valence-electron chi connectivity index (χ3n) is 8.16. The summed E-state index contributed by atoms with van der Waals surface area (Å²) in [5, 5.41) is 18.2. The van der Waals surface area contributed by atoms with Crippen molar-refractivity contribution in [1.82, 2.24) is 9.80 Å². The highest BCUT2D eigenvalue weighted by atomic mass is 16.5. The van der Waals surface area contributed by atoms with E-state index in [1.54, 1.807) is 0 Å². The first kappa shape index (κ1) is 32.7. The van der Waals surface area contributed by atoms with E-state index in [-0.39, 0.29) is 25.4 Å². The smallest absolute Gasteiger partial charge is 0.303 e. The van der Waals surface area contributed by atoms with Crippen LogP contribution in [0.2, 0.25) is 0 Å². The van der Waals surface area contributed by atoms with Crippen molar-refractivity contribution >= 4 is 17.8 Å². The molecule has 0 bridgehead atoms. The normalized spacial score (nSPS) is 13.5. The number of carboxylic acid groups (broad SMARTS) is 2. The van der Waals surface area contributed by atoms with E-state index >= 15 is 0 Å². The number of likely N-dealkylation sites (N-methyl/N-ethyl adjacent to an activating group) is 1. The van der Waals surface area contributed by atoms with Gasteiger partial charge in [0.1, 0.15) is 5.75 Å². The van der Waals surface area contributed by atoms with Crippen LogP contribution in [-0.2, 0) is 28.9 Å². The summed E-state index contributed by atoms with van der Waals surface area (Å²) in [5.41, 5.74) is 6.03. The second-order valence-corrected chi connectivity index (χ2v) is 11.6. The Morgan fingerprint density at radius 1 is 0.727 bits per heavy atom. The first-order valence-electron chi connectivity index (χ1n) is 15.6. The van der Waals surface area contributed by atoms with E-state index in [1.807, 2.05) is 47.4 Å². The number of rotatable bonds is 16. The average molecular weight is 601 g/mol. The number of unbranched alkanes of at least 4 members (excludes halogenated alkanes) is 2. The Morgan fingerprint density at radius 2 is 1.45 bits per heavy atom. The van der Waals surface area contributed by atoms with Crippen LogP contribution in [0.3, 0.4) is 0 Å². The van der Waals surface area contributed by atoms with Crippen molar-refractivity contribution in [2.24, 2.45) is 0 Å². The van der Waals surface area contributed by atoms with Crippen LogP contribution in [0.25, 0.3) is 11.1 Å². The molecule has 1 amide bonds. The van der Waals surface area contributed by atoms with Crippen LogP contribution in [0.1, 0.15) is 65.6 Å². The Morgan fingerprint density at radius 3 is 2.18 bits per heavy atom. The molecule has 0 spiro atoms. The molecule has 0 radical (unpaired) electrons. The highest BCUT2D eigenvalue weighted by Gasteiger charge is 2.21. The molecule has 8 nitrogen and oxygen atoms in total. The maximum absolute atomic E-state index is 13.5. The number of aliphatic carboxylic acids is 2. The van der Waals surface area contributed by atoms with Gasteiger partial charge in [0, 0.05) is 44.6 Å². The summed E-state index contributed by atoms with van der Waals surface area (Å²) in [5.74, 6) is -0.988. The van der Waals surface area contributed by atoms with E-state index in [4.69, 9.17) is 9.84 Å². The van der Waals surface area contributed by atoms with Gasteiger partial charge in [0.2, 0.25) is 0 Å². The molecular formula is C36H44N2O6. The van der Waals surface area contributed by atoms with Crippen LogP contribution in [0.4, 0.5) is 0 Å². The van der Waals surface area contributed by atoms with Gasteiger partial charge in [-0.1, -0.05) is 55.0 Å². The zero-order valence-corrected chi connectivity index (χ0v) is 25.7. The zero-order valence-electron chi connectivity index (χ0n) is 25.7. The van der Waals surface area contributed by atoms with Crippen molar-refractivity contribution in [3.8, 4) is 16.9 Å². The molecule has 0 atom stereocenters. The van der Waals surface area contributed by atoms with Gasteiger partial charge in [0.25, 0.3) is 5.91 Å². The first-order chi connectivity index (χ1) is 21.3. The number of piperazine rings is 1. The van der Waals surface area contributed by atoms with Crippen molar-refractivity contribution in [3.63, 3.8) is 0 Å². The van der Waals surface area contributed by atoms with Gasteiger partial charge >= 0.3 is 11.9 Å². The highest BCUT2D eigenvalue weighted by molar-refractivity contribution is 5.96. The first-order valence-corrected chi connectivity index (χ1v) is 15.6. The number of aryl methyl sites for hydroxylation is 2. The molecule has 8 heteroatoms. The Kier molecular flexibility index (Phi) is 12.4. The zero-order chi connectivity index (χ0) is 31.3. The number of nitrogens with zero attached hydrogens (tertiary/aromatic N) is 2. The predicted molar refractivity (Wildman–Crippen MR) is 171 cm³/mol. The van der Waals surface area contributed by atoms with Gasteiger partial charge in [-0.15, -0.1) is 0 Å². The second-order valence-electron chi connectivity index (χ2n) is 11.6. The van der Waals surface area contributed by atoms with E-state index < -0.39 is 11.9 Å². The molecule has 2 N–H and O–H groups in total. The number of benzene rings is 3. The van der Waals surface area contributed by atoms with Gasteiger partial charge in [-0.05, 0) is 91.6 Å². The van der Waals surface area contributed by atoms with Crippen molar-refractivity contribution in [2.45, 2.75) is 57.8 Å². The SMILES string of the molecule is CN1CCN(C(=O)c2cc(CCCCCc3cccc(OCCCC(=O)O)c3CCC(=O)O)cc(-c3ccccc3)c2)CC1. The Hall–Kier alpha value is -4.17. The van der Waals surface area contributed by atoms with Gasteiger partial charge in [-0.3, -0.25) is 14.4 Å². The maximum atomic E-state index is 13.5. The van der Waals surface area contributed by atoms with Gasteiger partial charge in [0.05, 0.1) is 6.61 Å². The predicted octanol–water partition coefficient (Wildman–Crippen LogP) is 5.96. The lowest BCUT2D eigenvalue weighted by Gasteiger charge is -2.32. The fourth-order valence-electron chi connectivity index (χ4n) is 5.67. The van der Waals surface area contributed by atoms with Crippen molar-refractivity contribution < 1.29 is 29.3 Å². The molecule has 1 fully saturated rings. The Labute approximate surface area is 260 Å². The standard InChI is InChI=1S/C36H44N2O6/c1-37-19-21-38(22-20-37)36(43)31-25-27(24-30(26-31)28-11-5-3-6-12-28)10-4-2-7-13-29-14-8-15-33(32(29)17-18-35(41)42)44-23-9-16-34(39)40/h3,5-6,8,11-12,14-15,24-26H,2,4,7,9-10,13,16-23H2,1H3,(H,39,40)(H,41,42). The molecule has 0 unspecified atom stereocenters. The molecule has 1 aliphatic rings.